The Morgan fingerprint density at radius 1 is 0.327 bits per heavy atom. The van der Waals surface area contributed by atoms with E-state index in [0.29, 0.717) is 0 Å². The molecule has 0 aliphatic heterocycles. The summed E-state index contributed by atoms with van der Waals surface area (Å²) in [6, 6.07) is 60.6. The van der Waals surface area contributed by atoms with Gasteiger partial charge < -0.3 is 18.0 Å². The summed E-state index contributed by atoms with van der Waals surface area (Å²) in [5, 5.41) is 9.37. The maximum Gasteiger partial charge on any atom is 0.159 e. The van der Waals surface area contributed by atoms with Gasteiger partial charge in [0.1, 0.15) is 16.7 Å². The van der Waals surface area contributed by atoms with Crippen LogP contribution in [0.5, 0.6) is 0 Å². The van der Waals surface area contributed by atoms with E-state index in [2.05, 4.69) is 161 Å². The molecule has 0 fully saturated rings. The topological polar surface area (TPSA) is 36.1 Å². The van der Waals surface area contributed by atoms with Gasteiger partial charge in [0.05, 0.1) is 27.8 Å². The van der Waals surface area contributed by atoms with Gasteiger partial charge in [-0.1, -0.05) is 97.1 Å². The van der Waals surface area contributed by atoms with Gasteiger partial charge in [-0.15, -0.1) is 0 Å². The van der Waals surface area contributed by atoms with E-state index < -0.39 is 0 Å². The first-order valence-electron chi connectivity index (χ1n) is 17.7. The lowest BCUT2D eigenvalue weighted by Crippen LogP contribution is -1.95. The molecule has 0 spiro atoms. The van der Waals surface area contributed by atoms with Crippen LogP contribution in [0.4, 0.5) is 0 Å². The number of para-hydroxylation sites is 5. The van der Waals surface area contributed by atoms with Gasteiger partial charge in [0.2, 0.25) is 0 Å². The van der Waals surface area contributed by atoms with Crippen LogP contribution < -0.4 is 0 Å². The molecule has 0 aliphatic rings. The Labute approximate surface area is 296 Å². The summed E-state index contributed by atoms with van der Waals surface area (Å²) >= 11 is 0. The van der Waals surface area contributed by atoms with Crippen molar-refractivity contribution in [1.29, 1.82) is 0 Å². The zero-order chi connectivity index (χ0) is 33.9. The van der Waals surface area contributed by atoms with Crippen molar-refractivity contribution < 1.29 is 8.83 Å². The third-order valence-electron chi connectivity index (χ3n) is 10.9. The largest absolute Gasteiger partial charge is 0.456 e. The zero-order valence-corrected chi connectivity index (χ0v) is 27.9. The number of hydrogen-bond donors (Lipinski definition) is 0. The van der Waals surface area contributed by atoms with E-state index in [1.807, 2.05) is 18.2 Å². The fraction of sp³-hybridized carbons (Fsp3) is 0. The number of nitrogens with zero attached hydrogens (tertiary/aromatic N) is 2. The molecular formula is C48H28N2O2. The first-order valence-corrected chi connectivity index (χ1v) is 17.7. The van der Waals surface area contributed by atoms with E-state index in [9.17, 15) is 0 Å². The highest BCUT2D eigenvalue weighted by Crippen LogP contribution is 2.45. The third-order valence-corrected chi connectivity index (χ3v) is 10.9. The number of fused-ring (bicyclic) bond motifs is 13. The number of rotatable bonds is 3. The Bertz CT molecular complexity index is 3410. The maximum absolute atomic E-state index is 6.65. The fourth-order valence-electron chi connectivity index (χ4n) is 8.68. The summed E-state index contributed by atoms with van der Waals surface area (Å²) < 4.78 is 17.8. The van der Waals surface area contributed by atoms with Crippen LogP contribution in [0.2, 0.25) is 0 Å². The van der Waals surface area contributed by atoms with Gasteiger partial charge in [-0.2, -0.15) is 0 Å². The Balaban J connectivity index is 1.22. The summed E-state index contributed by atoms with van der Waals surface area (Å²) in [6.45, 7) is 0. The molecule has 0 saturated heterocycles. The van der Waals surface area contributed by atoms with E-state index in [1.54, 1.807) is 0 Å². The molecule has 8 aromatic carbocycles. The molecule has 0 radical (unpaired) electrons. The summed E-state index contributed by atoms with van der Waals surface area (Å²) in [5.41, 5.74) is 12.6. The van der Waals surface area contributed by atoms with E-state index in [4.69, 9.17) is 8.83 Å². The molecule has 12 aromatic rings. The Morgan fingerprint density at radius 2 is 0.904 bits per heavy atom. The zero-order valence-electron chi connectivity index (χ0n) is 27.9. The standard InChI is InChI=1S/C48H28N2O2/c1-2-11-31(12-3-1)49-38-17-7-4-15-36(38)46-40(49)25-26-41-47(46)37-27-29(30-21-23-34-32-13-5-8-19-43(32)51-45(34)28-30)22-24-39(37)50(41)42-18-10-16-35-33-14-6-9-20-44(33)52-48(35)42/h1-28H. The molecule has 242 valence electrons. The van der Waals surface area contributed by atoms with Crippen LogP contribution in [0.1, 0.15) is 0 Å². The summed E-state index contributed by atoms with van der Waals surface area (Å²) in [4.78, 5) is 0. The van der Waals surface area contributed by atoms with Gasteiger partial charge in [-0.25, -0.2) is 0 Å². The van der Waals surface area contributed by atoms with Crippen molar-refractivity contribution >= 4 is 87.5 Å². The third kappa shape index (κ3) is 3.70. The van der Waals surface area contributed by atoms with Crippen LogP contribution in [0.25, 0.3) is 110 Å². The van der Waals surface area contributed by atoms with E-state index in [0.717, 1.165) is 77.4 Å². The predicted molar refractivity (Wildman–Crippen MR) is 215 cm³/mol. The second-order valence-electron chi connectivity index (χ2n) is 13.7. The SMILES string of the molecule is c1ccc(-n2c3ccccc3c3c4c5cc(-c6ccc7c(c6)oc6ccccc67)ccc5n(-c5cccc6c5oc5ccccc56)c4ccc32)cc1. The van der Waals surface area contributed by atoms with Crippen molar-refractivity contribution in [2.24, 2.45) is 0 Å². The molecule has 0 saturated carbocycles. The Kier molecular flexibility index (Phi) is 5.47. The van der Waals surface area contributed by atoms with Crippen LogP contribution in [-0.2, 0) is 0 Å². The van der Waals surface area contributed by atoms with Crippen molar-refractivity contribution in [3.63, 3.8) is 0 Å². The fourth-order valence-corrected chi connectivity index (χ4v) is 8.68. The van der Waals surface area contributed by atoms with Crippen LogP contribution >= 0.6 is 0 Å². The van der Waals surface area contributed by atoms with Gasteiger partial charge >= 0.3 is 0 Å². The van der Waals surface area contributed by atoms with E-state index in [-0.39, 0.29) is 0 Å². The van der Waals surface area contributed by atoms with Gasteiger partial charge in [-0.05, 0) is 83.9 Å². The summed E-state index contributed by atoms with van der Waals surface area (Å²) in [5.74, 6) is 0. The monoisotopic (exact) mass is 664 g/mol. The normalized spacial score (nSPS) is 12.2. The number of hydrogen-bond acceptors (Lipinski definition) is 2. The lowest BCUT2D eigenvalue weighted by Gasteiger charge is -2.10. The van der Waals surface area contributed by atoms with Crippen molar-refractivity contribution in [1.82, 2.24) is 9.13 Å². The van der Waals surface area contributed by atoms with E-state index in [1.165, 1.54) is 32.6 Å². The lowest BCUT2D eigenvalue weighted by molar-refractivity contribution is 0.666. The number of benzene rings is 8. The van der Waals surface area contributed by atoms with Gasteiger partial charge in [0.25, 0.3) is 0 Å². The molecule has 4 nitrogen and oxygen atoms in total. The van der Waals surface area contributed by atoms with Gasteiger partial charge in [-0.3, -0.25) is 0 Å². The molecular weight excluding hydrogens is 637 g/mol. The molecule has 4 aromatic heterocycles. The quantitative estimate of drug-likeness (QED) is 0.188. The Morgan fingerprint density at radius 3 is 1.75 bits per heavy atom. The van der Waals surface area contributed by atoms with Crippen LogP contribution in [0.3, 0.4) is 0 Å². The molecule has 0 unspecified atom stereocenters. The van der Waals surface area contributed by atoms with Crippen molar-refractivity contribution in [3.05, 3.63) is 170 Å². The van der Waals surface area contributed by atoms with Crippen LogP contribution in [0, 0.1) is 0 Å². The van der Waals surface area contributed by atoms with Gasteiger partial charge in [0.15, 0.2) is 5.58 Å². The smallest absolute Gasteiger partial charge is 0.159 e. The highest BCUT2D eigenvalue weighted by molar-refractivity contribution is 6.29. The Hall–Kier alpha value is -7.04. The molecule has 0 amide bonds. The van der Waals surface area contributed by atoms with Crippen LogP contribution in [-0.4, -0.2) is 9.13 Å². The van der Waals surface area contributed by atoms with E-state index >= 15 is 0 Å². The first-order chi connectivity index (χ1) is 25.8. The summed E-state index contributed by atoms with van der Waals surface area (Å²) in [6.07, 6.45) is 0. The van der Waals surface area contributed by atoms with Gasteiger partial charge in [0, 0.05) is 48.8 Å². The van der Waals surface area contributed by atoms with Crippen molar-refractivity contribution in [3.8, 4) is 22.5 Å². The molecule has 0 atom stereocenters. The number of aromatic nitrogens is 2. The highest BCUT2D eigenvalue weighted by Gasteiger charge is 2.23. The molecule has 0 N–H and O–H groups in total. The molecule has 12 rings (SSSR count). The molecule has 0 aliphatic carbocycles. The average Bonchev–Trinajstić information content (AvgIpc) is 3.95. The predicted octanol–water partition coefficient (Wildman–Crippen LogP) is 13.3. The van der Waals surface area contributed by atoms with Crippen molar-refractivity contribution in [2.75, 3.05) is 0 Å². The number of furan rings is 2. The minimum absolute atomic E-state index is 0.883. The average molecular weight is 665 g/mol. The second kappa shape index (κ2) is 10.3. The highest BCUT2D eigenvalue weighted by atomic mass is 16.3. The van der Waals surface area contributed by atoms with Crippen molar-refractivity contribution in [2.45, 2.75) is 0 Å². The molecule has 4 heterocycles. The maximum atomic E-state index is 6.65. The minimum Gasteiger partial charge on any atom is -0.456 e. The second-order valence-corrected chi connectivity index (χ2v) is 13.7. The minimum atomic E-state index is 0.883. The van der Waals surface area contributed by atoms with Crippen LogP contribution in [0.15, 0.2) is 179 Å². The summed E-state index contributed by atoms with van der Waals surface area (Å²) in [7, 11) is 0. The first kappa shape index (κ1) is 27.7. The lowest BCUT2D eigenvalue weighted by atomic mass is 10.00. The molecule has 0 bridgehead atoms. The molecule has 52 heavy (non-hydrogen) atoms. The molecule has 4 heteroatoms.